The van der Waals surface area contributed by atoms with E-state index in [4.69, 9.17) is 4.42 Å². The zero-order valence-corrected chi connectivity index (χ0v) is 10.2. The molecular formula is C13H19NO3. The summed E-state index contributed by atoms with van der Waals surface area (Å²) in [5, 5.41) is 12.3. The van der Waals surface area contributed by atoms with Gasteiger partial charge in [-0.2, -0.15) is 0 Å². The molecule has 17 heavy (non-hydrogen) atoms. The van der Waals surface area contributed by atoms with E-state index in [1.165, 1.54) is 6.26 Å². The Hall–Kier alpha value is -1.29. The van der Waals surface area contributed by atoms with Crippen molar-refractivity contribution in [1.29, 1.82) is 0 Å². The molecule has 0 saturated heterocycles. The fraction of sp³-hybridized carbons (Fsp3) is 0.615. The second-order valence-electron chi connectivity index (χ2n) is 4.94. The predicted molar refractivity (Wildman–Crippen MR) is 63.8 cm³/mol. The van der Waals surface area contributed by atoms with Gasteiger partial charge in [-0.3, -0.25) is 4.79 Å². The zero-order chi connectivity index (χ0) is 12.3. The third-order valence-electron chi connectivity index (χ3n) is 3.73. The molecule has 1 aliphatic rings. The van der Waals surface area contributed by atoms with Crippen molar-refractivity contribution in [2.75, 3.05) is 13.2 Å². The Morgan fingerprint density at radius 3 is 2.76 bits per heavy atom. The standard InChI is InChI=1S/C13H19NO3/c1-10-11(4-7-17-10)12(16)14-8-13(9-15)5-2-3-6-13/h4,7,15H,2-3,5-6,8-9H2,1H3,(H,14,16). The number of nitrogens with one attached hydrogen (secondary N) is 1. The Morgan fingerprint density at radius 2 is 2.24 bits per heavy atom. The highest BCUT2D eigenvalue weighted by Crippen LogP contribution is 2.36. The first-order valence-electron chi connectivity index (χ1n) is 6.10. The minimum Gasteiger partial charge on any atom is -0.469 e. The van der Waals surface area contributed by atoms with Gasteiger partial charge in [-0.15, -0.1) is 0 Å². The van der Waals surface area contributed by atoms with Crippen LogP contribution in [0.25, 0.3) is 0 Å². The molecule has 1 heterocycles. The topological polar surface area (TPSA) is 62.5 Å². The van der Waals surface area contributed by atoms with Crippen LogP contribution in [-0.4, -0.2) is 24.2 Å². The molecule has 1 aromatic rings. The van der Waals surface area contributed by atoms with Crippen LogP contribution in [0.2, 0.25) is 0 Å². The van der Waals surface area contributed by atoms with Crippen molar-refractivity contribution < 1.29 is 14.3 Å². The average Bonchev–Trinajstić information content (AvgIpc) is 2.95. The molecular weight excluding hydrogens is 218 g/mol. The summed E-state index contributed by atoms with van der Waals surface area (Å²) in [4.78, 5) is 11.9. The van der Waals surface area contributed by atoms with Gasteiger partial charge in [0, 0.05) is 12.0 Å². The molecule has 0 bridgehead atoms. The lowest BCUT2D eigenvalue weighted by atomic mass is 9.87. The van der Waals surface area contributed by atoms with Crippen molar-refractivity contribution in [2.24, 2.45) is 5.41 Å². The summed E-state index contributed by atoms with van der Waals surface area (Å²) < 4.78 is 5.10. The van der Waals surface area contributed by atoms with Crippen molar-refractivity contribution in [3.63, 3.8) is 0 Å². The maximum atomic E-state index is 11.9. The van der Waals surface area contributed by atoms with E-state index >= 15 is 0 Å². The highest BCUT2D eigenvalue weighted by atomic mass is 16.3. The largest absolute Gasteiger partial charge is 0.469 e. The summed E-state index contributed by atoms with van der Waals surface area (Å²) in [6.07, 6.45) is 5.78. The van der Waals surface area contributed by atoms with Crippen LogP contribution in [0.5, 0.6) is 0 Å². The minimum absolute atomic E-state index is 0.104. The van der Waals surface area contributed by atoms with E-state index in [2.05, 4.69) is 5.32 Å². The number of hydrogen-bond acceptors (Lipinski definition) is 3. The Kier molecular flexibility index (Phi) is 3.52. The van der Waals surface area contributed by atoms with Gasteiger partial charge in [0.1, 0.15) is 5.76 Å². The predicted octanol–water partition coefficient (Wildman–Crippen LogP) is 1.87. The summed E-state index contributed by atoms with van der Waals surface area (Å²) in [6.45, 7) is 2.47. The average molecular weight is 237 g/mol. The fourth-order valence-corrected chi connectivity index (χ4v) is 2.50. The lowest BCUT2D eigenvalue weighted by Gasteiger charge is -2.26. The second-order valence-corrected chi connectivity index (χ2v) is 4.94. The lowest BCUT2D eigenvalue weighted by Crippen LogP contribution is -2.38. The molecule has 94 valence electrons. The first-order chi connectivity index (χ1) is 8.17. The van der Waals surface area contributed by atoms with Crippen molar-refractivity contribution in [1.82, 2.24) is 5.32 Å². The molecule has 0 spiro atoms. The maximum Gasteiger partial charge on any atom is 0.254 e. The highest BCUT2D eigenvalue weighted by molar-refractivity contribution is 5.95. The molecule has 2 N–H and O–H groups in total. The molecule has 0 unspecified atom stereocenters. The minimum atomic E-state index is -0.115. The van der Waals surface area contributed by atoms with Gasteiger partial charge in [-0.25, -0.2) is 0 Å². The normalized spacial score (nSPS) is 18.2. The number of rotatable bonds is 4. The van der Waals surface area contributed by atoms with Crippen LogP contribution in [0, 0.1) is 12.3 Å². The molecule has 0 atom stereocenters. The molecule has 1 saturated carbocycles. The number of aliphatic hydroxyl groups is 1. The van der Waals surface area contributed by atoms with Crippen LogP contribution < -0.4 is 5.32 Å². The van der Waals surface area contributed by atoms with Crippen LogP contribution in [0.1, 0.15) is 41.8 Å². The quantitative estimate of drug-likeness (QED) is 0.840. The molecule has 1 fully saturated rings. The van der Waals surface area contributed by atoms with Gasteiger partial charge in [-0.05, 0) is 25.8 Å². The molecule has 1 aliphatic carbocycles. The highest BCUT2D eigenvalue weighted by Gasteiger charge is 2.33. The number of carbonyl (C=O) groups excluding carboxylic acids is 1. The van der Waals surface area contributed by atoms with Gasteiger partial charge in [-0.1, -0.05) is 12.8 Å². The molecule has 0 aromatic carbocycles. The lowest BCUT2D eigenvalue weighted by molar-refractivity contribution is 0.0879. The van der Waals surface area contributed by atoms with E-state index < -0.39 is 0 Å². The molecule has 0 radical (unpaired) electrons. The van der Waals surface area contributed by atoms with Crippen molar-refractivity contribution >= 4 is 5.91 Å². The van der Waals surface area contributed by atoms with Gasteiger partial charge in [0.15, 0.2) is 0 Å². The van der Waals surface area contributed by atoms with Crippen LogP contribution in [0.3, 0.4) is 0 Å². The monoisotopic (exact) mass is 237 g/mol. The summed E-state index contributed by atoms with van der Waals surface area (Å²) in [7, 11) is 0. The van der Waals surface area contributed by atoms with Crippen molar-refractivity contribution in [2.45, 2.75) is 32.6 Å². The molecule has 1 amide bonds. The van der Waals surface area contributed by atoms with E-state index in [0.29, 0.717) is 17.9 Å². The van der Waals surface area contributed by atoms with Crippen molar-refractivity contribution in [3.8, 4) is 0 Å². The van der Waals surface area contributed by atoms with Crippen LogP contribution in [0.15, 0.2) is 16.7 Å². The Labute approximate surface area is 101 Å². The first kappa shape index (κ1) is 12.2. The SMILES string of the molecule is Cc1occc1C(=O)NCC1(CO)CCCC1. The first-order valence-corrected chi connectivity index (χ1v) is 6.10. The summed E-state index contributed by atoms with van der Waals surface area (Å²) in [5.74, 6) is 0.517. The maximum absolute atomic E-state index is 11.9. The number of aliphatic hydroxyl groups excluding tert-OH is 1. The summed E-state index contributed by atoms with van der Waals surface area (Å²) in [6, 6.07) is 1.67. The fourth-order valence-electron chi connectivity index (χ4n) is 2.50. The number of hydrogen-bond donors (Lipinski definition) is 2. The van der Waals surface area contributed by atoms with E-state index in [-0.39, 0.29) is 17.9 Å². The third kappa shape index (κ3) is 2.52. The Morgan fingerprint density at radius 1 is 1.53 bits per heavy atom. The molecule has 2 rings (SSSR count). The molecule has 4 heteroatoms. The Bertz CT molecular complexity index is 391. The van der Waals surface area contributed by atoms with Gasteiger partial charge in [0.05, 0.1) is 18.4 Å². The zero-order valence-electron chi connectivity index (χ0n) is 10.2. The van der Waals surface area contributed by atoms with Crippen LogP contribution in [-0.2, 0) is 0 Å². The van der Waals surface area contributed by atoms with E-state index in [9.17, 15) is 9.90 Å². The van der Waals surface area contributed by atoms with Crippen molar-refractivity contribution in [3.05, 3.63) is 23.7 Å². The van der Waals surface area contributed by atoms with E-state index in [1.807, 2.05) is 0 Å². The number of furan rings is 1. The number of carbonyl (C=O) groups is 1. The molecule has 4 nitrogen and oxygen atoms in total. The number of amides is 1. The molecule has 1 aromatic heterocycles. The van der Waals surface area contributed by atoms with Gasteiger partial charge in [0.2, 0.25) is 0 Å². The van der Waals surface area contributed by atoms with E-state index in [1.54, 1.807) is 13.0 Å². The summed E-state index contributed by atoms with van der Waals surface area (Å²) >= 11 is 0. The third-order valence-corrected chi connectivity index (χ3v) is 3.73. The van der Waals surface area contributed by atoms with Crippen LogP contribution in [0.4, 0.5) is 0 Å². The van der Waals surface area contributed by atoms with Gasteiger partial charge in [0.25, 0.3) is 5.91 Å². The van der Waals surface area contributed by atoms with Gasteiger partial charge < -0.3 is 14.8 Å². The van der Waals surface area contributed by atoms with Gasteiger partial charge >= 0.3 is 0 Å². The second kappa shape index (κ2) is 4.92. The Balaban J connectivity index is 1.94. The smallest absolute Gasteiger partial charge is 0.254 e. The molecule has 0 aliphatic heterocycles. The van der Waals surface area contributed by atoms with E-state index in [0.717, 1.165) is 25.7 Å². The van der Waals surface area contributed by atoms with Crippen LogP contribution >= 0.6 is 0 Å². The number of aryl methyl sites for hydroxylation is 1. The summed E-state index contributed by atoms with van der Waals surface area (Å²) in [5.41, 5.74) is 0.476.